The summed E-state index contributed by atoms with van der Waals surface area (Å²) in [6.45, 7) is 8.87. The number of likely N-dealkylation sites (N-methyl/N-ethyl adjacent to an activating group) is 1. The highest BCUT2D eigenvalue weighted by Crippen LogP contribution is 2.26. The minimum absolute atomic E-state index is 0.117. The van der Waals surface area contributed by atoms with Crippen molar-refractivity contribution in [2.75, 3.05) is 38.6 Å². The Kier molecular flexibility index (Phi) is 6.69. The predicted octanol–water partition coefficient (Wildman–Crippen LogP) is 3.68. The van der Waals surface area contributed by atoms with Crippen LogP contribution in [0.2, 0.25) is 0 Å². The number of carbonyl (C=O) groups is 1. The Morgan fingerprint density at radius 2 is 1.90 bits per heavy atom. The molecule has 4 heteroatoms. The molecule has 3 nitrogen and oxygen atoms in total. The fourth-order valence-electron chi connectivity index (χ4n) is 2.14. The van der Waals surface area contributed by atoms with Crippen molar-refractivity contribution in [3.05, 3.63) is 28.2 Å². The van der Waals surface area contributed by atoms with Crippen LogP contribution in [-0.2, 0) is 0 Å². The Morgan fingerprint density at radius 3 is 2.40 bits per heavy atom. The molecule has 0 bridgehead atoms. The van der Waals surface area contributed by atoms with Gasteiger partial charge in [-0.1, -0.05) is 29.8 Å². The van der Waals surface area contributed by atoms with Gasteiger partial charge in [-0.2, -0.15) is 0 Å². The zero-order chi connectivity index (χ0) is 15.3. The van der Waals surface area contributed by atoms with Crippen molar-refractivity contribution in [1.29, 1.82) is 0 Å². The summed E-state index contributed by atoms with van der Waals surface area (Å²) in [6, 6.07) is 5.89. The summed E-state index contributed by atoms with van der Waals surface area (Å²) in [5.74, 6) is 0.669. The molecule has 1 rings (SSSR count). The number of carbonyl (C=O) groups excluding carboxylic acids is 1. The molecule has 0 radical (unpaired) electrons. The highest BCUT2D eigenvalue weighted by molar-refractivity contribution is 9.10. The van der Waals surface area contributed by atoms with E-state index in [9.17, 15) is 4.79 Å². The topological polar surface area (TPSA) is 23.6 Å². The van der Waals surface area contributed by atoms with Crippen LogP contribution in [0.15, 0.2) is 22.7 Å². The van der Waals surface area contributed by atoms with Gasteiger partial charge in [-0.05, 0) is 45.1 Å². The summed E-state index contributed by atoms with van der Waals surface area (Å²) in [5, 5.41) is 0. The Labute approximate surface area is 131 Å². The molecule has 0 heterocycles. The summed E-state index contributed by atoms with van der Waals surface area (Å²) in [4.78, 5) is 16.3. The van der Waals surface area contributed by atoms with Gasteiger partial charge in [0.05, 0.1) is 0 Å². The van der Waals surface area contributed by atoms with Crippen molar-refractivity contribution in [2.45, 2.75) is 20.8 Å². The minimum Gasteiger partial charge on any atom is -0.369 e. The molecule has 1 aromatic rings. The molecule has 0 aliphatic heterocycles. The first-order valence-electron chi connectivity index (χ1n) is 7.01. The van der Waals surface area contributed by atoms with Crippen molar-refractivity contribution >= 4 is 27.4 Å². The monoisotopic (exact) mass is 340 g/mol. The molecular weight excluding hydrogens is 316 g/mol. The fraction of sp³-hybridized carbons (Fsp3) is 0.562. The molecule has 0 aliphatic carbocycles. The van der Waals surface area contributed by atoms with Gasteiger partial charge in [0.25, 0.3) is 0 Å². The molecule has 0 amide bonds. The van der Waals surface area contributed by atoms with E-state index in [1.54, 1.807) is 6.92 Å². The lowest BCUT2D eigenvalue weighted by Crippen LogP contribution is -2.35. The lowest BCUT2D eigenvalue weighted by atomic mass is 10.1. The molecule has 1 aromatic carbocycles. The number of nitrogens with zero attached hydrogens (tertiary/aromatic N) is 2. The Morgan fingerprint density at radius 1 is 1.25 bits per heavy atom. The van der Waals surface area contributed by atoms with Crippen LogP contribution < -0.4 is 4.90 Å². The van der Waals surface area contributed by atoms with Gasteiger partial charge in [-0.3, -0.25) is 4.79 Å². The van der Waals surface area contributed by atoms with Gasteiger partial charge in [0, 0.05) is 35.4 Å². The van der Waals surface area contributed by atoms with E-state index in [0.717, 1.165) is 35.4 Å². The number of Topliss-reactive ketones (excluding diaryl/α,β-unsaturated/α-hetero) is 1. The maximum Gasteiger partial charge on any atom is 0.161 e. The van der Waals surface area contributed by atoms with E-state index in [4.69, 9.17) is 0 Å². The first-order chi connectivity index (χ1) is 9.31. The zero-order valence-corrected chi connectivity index (χ0v) is 14.7. The predicted molar refractivity (Wildman–Crippen MR) is 89.8 cm³/mol. The van der Waals surface area contributed by atoms with Crippen LogP contribution in [0.3, 0.4) is 0 Å². The third kappa shape index (κ3) is 5.25. The molecule has 0 aliphatic rings. The van der Waals surface area contributed by atoms with Gasteiger partial charge in [-0.25, -0.2) is 0 Å². The van der Waals surface area contributed by atoms with Crippen molar-refractivity contribution in [1.82, 2.24) is 4.90 Å². The van der Waals surface area contributed by atoms with Gasteiger partial charge in [0.1, 0.15) is 0 Å². The van der Waals surface area contributed by atoms with E-state index in [1.165, 1.54) is 0 Å². The Bertz CT molecular complexity index is 458. The second-order valence-corrected chi connectivity index (χ2v) is 6.78. The Balaban J connectivity index is 3.10. The average Bonchev–Trinajstić information content (AvgIpc) is 2.33. The number of rotatable bonds is 7. The molecule has 0 atom stereocenters. The van der Waals surface area contributed by atoms with Crippen LogP contribution in [0.4, 0.5) is 5.69 Å². The van der Waals surface area contributed by atoms with Crippen molar-refractivity contribution < 1.29 is 4.79 Å². The van der Waals surface area contributed by atoms with E-state index in [-0.39, 0.29) is 5.78 Å². The zero-order valence-electron chi connectivity index (χ0n) is 13.1. The summed E-state index contributed by atoms with van der Waals surface area (Å²) in [6.07, 6.45) is 0. The summed E-state index contributed by atoms with van der Waals surface area (Å²) < 4.78 is 1.01. The van der Waals surface area contributed by atoms with Crippen LogP contribution in [0, 0.1) is 5.92 Å². The molecular formula is C16H25BrN2O. The summed E-state index contributed by atoms with van der Waals surface area (Å²) in [5.41, 5.74) is 1.83. The second-order valence-electron chi connectivity index (χ2n) is 5.86. The molecule has 0 unspecified atom stereocenters. The fourth-order valence-corrected chi connectivity index (χ4v) is 2.48. The molecule has 0 saturated heterocycles. The molecule has 0 N–H and O–H groups in total. The minimum atomic E-state index is 0.117. The van der Waals surface area contributed by atoms with Gasteiger partial charge in [-0.15, -0.1) is 0 Å². The summed E-state index contributed by atoms with van der Waals surface area (Å²) >= 11 is 3.51. The number of halogens is 1. The number of hydrogen-bond donors (Lipinski definition) is 0. The molecule has 0 fully saturated rings. The van der Waals surface area contributed by atoms with Crippen LogP contribution in [0.1, 0.15) is 31.1 Å². The molecule has 0 spiro atoms. The maximum absolute atomic E-state index is 11.9. The standard InChI is InChI=1S/C16H25BrN2O/c1-12(2)11-19(9-8-18(4)5)16-10-14(17)6-7-15(16)13(3)20/h6-7,10,12H,8-9,11H2,1-5H3. The van der Waals surface area contributed by atoms with E-state index >= 15 is 0 Å². The largest absolute Gasteiger partial charge is 0.369 e. The SMILES string of the molecule is CC(=O)c1ccc(Br)cc1N(CCN(C)C)CC(C)C. The first kappa shape index (κ1) is 17.2. The molecule has 20 heavy (non-hydrogen) atoms. The summed E-state index contributed by atoms with van der Waals surface area (Å²) in [7, 11) is 4.14. The number of ketones is 1. The number of anilines is 1. The maximum atomic E-state index is 11.9. The first-order valence-corrected chi connectivity index (χ1v) is 7.80. The second kappa shape index (κ2) is 7.79. The highest BCUT2D eigenvalue weighted by Gasteiger charge is 2.16. The smallest absolute Gasteiger partial charge is 0.161 e. The molecule has 0 saturated carbocycles. The van der Waals surface area contributed by atoms with Gasteiger partial charge < -0.3 is 9.80 Å². The van der Waals surface area contributed by atoms with Crippen molar-refractivity contribution in [2.24, 2.45) is 5.92 Å². The van der Waals surface area contributed by atoms with E-state index in [0.29, 0.717) is 5.92 Å². The van der Waals surface area contributed by atoms with Crippen LogP contribution in [0.5, 0.6) is 0 Å². The van der Waals surface area contributed by atoms with Gasteiger partial charge >= 0.3 is 0 Å². The van der Waals surface area contributed by atoms with Gasteiger partial charge in [0.2, 0.25) is 0 Å². The average molecular weight is 341 g/mol. The highest BCUT2D eigenvalue weighted by atomic mass is 79.9. The Hall–Kier alpha value is -0.870. The quantitative estimate of drug-likeness (QED) is 0.707. The lowest BCUT2D eigenvalue weighted by molar-refractivity contribution is 0.101. The van der Waals surface area contributed by atoms with Crippen LogP contribution >= 0.6 is 15.9 Å². The van der Waals surface area contributed by atoms with Gasteiger partial charge in [0.15, 0.2) is 5.78 Å². The van der Waals surface area contributed by atoms with Crippen molar-refractivity contribution in [3.8, 4) is 0 Å². The number of benzene rings is 1. The molecule has 112 valence electrons. The normalized spacial score (nSPS) is 11.2. The van der Waals surface area contributed by atoms with Crippen molar-refractivity contribution in [3.63, 3.8) is 0 Å². The van der Waals surface area contributed by atoms with E-state index in [2.05, 4.69) is 59.7 Å². The van der Waals surface area contributed by atoms with Crippen LogP contribution in [0.25, 0.3) is 0 Å². The third-order valence-electron chi connectivity index (χ3n) is 3.08. The lowest BCUT2D eigenvalue weighted by Gasteiger charge is -2.29. The third-order valence-corrected chi connectivity index (χ3v) is 3.58. The van der Waals surface area contributed by atoms with Crippen LogP contribution in [-0.4, -0.2) is 44.4 Å². The van der Waals surface area contributed by atoms with E-state index in [1.807, 2.05) is 12.1 Å². The van der Waals surface area contributed by atoms with E-state index < -0.39 is 0 Å². The number of hydrogen-bond acceptors (Lipinski definition) is 3. The molecule has 0 aromatic heterocycles.